The van der Waals surface area contributed by atoms with Gasteiger partial charge in [0.1, 0.15) is 0 Å². The minimum absolute atomic E-state index is 0.120. The number of benzene rings is 1. The van der Waals surface area contributed by atoms with Crippen LogP contribution in [0.2, 0.25) is 5.02 Å². The van der Waals surface area contributed by atoms with Gasteiger partial charge < -0.3 is 10.4 Å². The number of hydrogen-bond donors (Lipinski definition) is 3. The largest absolute Gasteiger partial charge is 0.394 e. The van der Waals surface area contributed by atoms with Crippen molar-refractivity contribution in [3.63, 3.8) is 0 Å². The number of carbonyl (C=O) groups excluding carboxylic acids is 1. The number of aromatic nitrogens is 2. The Kier molecular flexibility index (Phi) is 4.19. The number of amides is 1. The van der Waals surface area contributed by atoms with E-state index in [1.807, 2.05) is 18.2 Å². The molecular weight excluding hydrogens is 266 g/mol. The molecule has 2 aromatic rings. The molecule has 100 valence electrons. The fourth-order valence-electron chi connectivity index (χ4n) is 1.67. The highest BCUT2D eigenvalue weighted by molar-refractivity contribution is 6.33. The number of H-pyrrole nitrogens is 1. The monoisotopic (exact) mass is 279 g/mol. The van der Waals surface area contributed by atoms with Crippen LogP contribution in [0, 0.1) is 0 Å². The Morgan fingerprint density at radius 2 is 2.26 bits per heavy atom. The first-order valence-electron chi connectivity index (χ1n) is 5.83. The van der Waals surface area contributed by atoms with E-state index in [2.05, 4.69) is 15.5 Å². The number of carbonyl (C=O) groups is 1. The molecular formula is C13H14ClN3O2. The fraction of sp³-hybridized carbons (Fsp3) is 0.231. The standard InChI is InChI=1S/C13H14ClN3O2/c1-8(7-18)16-13(19)10-6-15-17-12(10)9-4-2-3-5-11(9)14/h2-6,8,18H,7H2,1H3,(H,15,17)(H,16,19). The first kappa shape index (κ1) is 13.6. The van der Waals surface area contributed by atoms with Crippen LogP contribution in [0.1, 0.15) is 17.3 Å². The second-order valence-electron chi connectivity index (χ2n) is 4.20. The maximum absolute atomic E-state index is 12.1. The van der Waals surface area contributed by atoms with E-state index < -0.39 is 0 Å². The SMILES string of the molecule is CC(CO)NC(=O)c1cn[nH]c1-c1ccccc1Cl. The molecule has 1 atom stereocenters. The second-order valence-corrected chi connectivity index (χ2v) is 4.60. The minimum Gasteiger partial charge on any atom is -0.394 e. The quantitative estimate of drug-likeness (QED) is 0.799. The van der Waals surface area contributed by atoms with Gasteiger partial charge in [0.2, 0.25) is 0 Å². The zero-order chi connectivity index (χ0) is 13.8. The van der Waals surface area contributed by atoms with Gasteiger partial charge in [0.25, 0.3) is 5.91 Å². The Bertz CT molecular complexity index is 583. The summed E-state index contributed by atoms with van der Waals surface area (Å²) in [4.78, 5) is 12.1. The van der Waals surface area contributed by atoms with Crippen molar-refractivity contribution in [3.8, 4) is 11.3 Å². The van der Waals surface area contributed by atoms with Gasteiger partial charge in [-0.3, -0.25) is 9.89 Å². The van der Waals surface area contributed by atoms with E-state index in [4.69, 9.17) is 16.7 Å². The summed E-state index contributed by atoms with van der Waals surface area (Å²) < 4.78 is 0. The number of hydrogen-bond acceptors (Lipinski definition) is 3. The topological polar surface area (TPSA) is 78.0 Å². The summed E-state index contributed by atoms with van der Waals surface area (Å²) in [5, 5.41) is 18.8. The van der Waals surface area contributed by atoms with E-state index in [9.17, 15) is 4.79 Å². The van der Waals surface area contributed by atoms with E-state index in [0.29, 0.717) is 21.8 Å². The number of halogens is 1. The molecule has 0 aliphatic rings. The normalized spacial score (nSPS) is 12.2. The van der Waals surface area contributed by atoms with E-state index in [0.717, 1.165) is 0 Å². The number of nitrogens with one attached hydrogen (secondary N) is 2. The van der Waals surface area contributed by atoms with Crippen LogP contribution in [0.3, 0.4) is 0 Å². The third kappa shape index (κ3) is 2.94. The highest BCUT2D eigenvalue weighted by Crippen LogP contribution is 2.28. The van der Waals surface area contributed by atoms with Gasteiger partial charge in [-0.25, -0.2) is 0 Å². The zero-order valence-corrected chi connectivity index (χ0v) is 11.1. The Morgan fingerprint density at radius 1 is 1.53 bits per heavy atom. The van der Waals surface area contributed by atoms with Crippen molar-refractivity contribution < 1.29 is 9.90 Å². The van der Waals surface area contributed by atoms with Crippen molar-refractivity contribution in [1.29, 1.82) is 0 Å². The van der Waals surface area contributed by atoms with Crippen molar-refractivity contribution in [2.24, 2.45) is 0 Å². The van der Waals surface area contributed by atoms with Crippen LogP contribution in [-0.2, 0) is 0 Å². The summed E-state index contributed by atoms with van der Waals surface area (Å²) in [6.45, 7) is 1.60. The van der Waals surface area contributed by atoms with Gasteiger partial charge in [-0.2, -0.15) is 5.10 Å². The highest BCUT2D eigenvalue weighted by atomic mass is 35.5. The molecule has 0 bridgehead atoms. The Balaban J connectivity index is 2.33. The Hall–Kier alpha value is -1.85. The van der Waals surface area contributed by atoms with Crippen molar-refractivity contribution in [1.82, 2.24) is 15.5 Å². The molecule has 1 heterocycles. The van der Waals surface area contributed by atoms with Crippen molar-refractivity contribution in [3.05, 3.63) is 41.0 Å². The summed E-state index contributed by atoms with van der Waals surface area (Å²) in [7, 11) is 0. The van der Waals surface area contributed by atoms with Crippen LogP contribution < -0.4 is 5.32 Å². The summed E-state index contributed by atoms with van der Waals surface area (Å²) in [6.07, 6.45) is 1.44. The van der Waals surface area contributed by atoms with Gasteiger partial charge in [-0.15, -0.1) is 0 Å². The third-order valence-electron chi connectivity index (χ3n) is 2.68. The zero-order valence-electron chi connectivity index (χ0n) is 10.4. The predicted octanol–water partition coefficient (Wildman–Crippen LogP) is 1.84. The molecule has 1 amide bonds. The molecule has 0 spiro atoms. The lowest BCUT2D eigenvalue weighted by molar-refractivity contribution is 0.0923. The maximum atomic E-state index is 12.1. The summed E-state index contributed by atoms with van der Waals surface area (Å²) in [6, 6.07) is 6.88. The number of nitrogens with zero attached hydrogens (tertiary/aromatic N) is 1. The molecule has 0 radical (unpaired) electrons. The fourth-order valence-corrected chi connectivity index (χ4v) is 1.90. The lowest BCUT2D eigenvalue weighted by Gasteiger charge is -2.11. The summed E-state index contributed by atoms with van der Waals surface area (Å²) >= 11 is 6.11. The molecule has 3 N–H and O–H groups in total. The molecule has 1 unspecified atom stereocenters. The average Bonchev–Trinajstić information content (AvgIpc) is 2.88. The van der Waals surface area contributed by atoms with Crippen LogP contribution >= 0.6 is 11.6 Å². The molecule has 0 aliphatic heterocycles. The van der Waals surface area contributed by atoms with Crippen molar-refractivity contribution >= 4 is 17.5 Å². The number of aliphatic hydroxyl groups is 1. The molecule has 1 aromatic heterocycles. The van der Waals surface area contributed by atoms with E-state index >= 15 is 0 Å². The van der Waals surface area contributed by atoms with Gasteiger partial charge in [-0.05, 0) is 13.0 Å². The number of aliphatic hydroxyl groups excluding tert-OH is 1. The van der Waals surface area contributed by atoms with E-state index in [1.165, 1.54) is 6.20 Å². The molecule has 5 nitrogen and oxygen atoms in total. The number of aromatic amines is 1. The molecule has 19 heavy (non-hydrogen) atoms. The number of rotatable bonds is 4. The molecule has 6 heteroatoms. The summed E-state index contributed by atoms with van der Waals surface area (Å²) in [5.74, 6) is -0.301. The lowest BCUT2D eigenvalue weighted by atomic mass is 10.1. The molecule has 2 rings (SSSR count). The van der Waals surface area contributed by atoms with Crippen molar-refractivity contribution in [2.45, 2.75) is 13.0 Å². The molecule has 0 fully saturated rings. The van der Waals surface area contributed by atoms with Crippen LogP contribution in [0.4, 0.5) is 0 Å². The molecule has 0 saturated carbocycles. The molecule has 1 aromatic carbocycles. The smallest absolute Gasteiger partial charge is 0.255 e. The Labute approximate surface area is 115 Å². The van der Waals surface area contributed by atoms with Crippen LogP contribution in [0.5, 0.6) is 0 Å². The lowest BCUT2D eigenvalue weighted by Crippen LogP contribution is -2.35. The van der Waals surface area contributed by atoms with Gasteiger partial charge in [-0.1, -0.05) is 29.8 Å². The van der Waals surface area contributed by atoms with Gasteiger partial charge in [0, 0.05) is 16.6 Å². The third-order valence-corrected chi connectivity index (χ3v) is 3.01. The van der Waals surface area contributed by atoms with E-state index in [-0.39, 0.29) is 18.6 Å². The maximum Gasteiger partial charge on any atom is 0.255 e. The van der Waals surface area contributed by atoms with Gasteiger partial charge in [0.05, 0.1) is 24.1 Å². The van der Waals surface area contributed by atoms with Crippen molar-refractivity contribution in [2.75, 3.05) is 6.61 Å². The van der Waals surface area contributed by atoms with Gasteiger partial charge in [0.15, 0.2) is 0 Å². The van der Waals surface area contributed by atoms with E-state index in [1.54, 1.807) is 13.0 Å². The average molecular weight is 280 g/mol. The highest BCUT2D eigenvalue weighted by Gasteiger charge is 2.18. The van der Waals surface area contributed by atoms with Crippen LogP contribution in [-0.4, -0.2) is 33.9 Å². The minimum atomic E-state index is -0.318. The predicted molar refractivity (Wildman–Crippen MR) is 73.0 cm³/mol. The van der Waals surface area contributed by atoms with Crippen LogP contribution in [0.25, 0.3) is 11.3 Å². The molecule has 0 saturated heterocycles. The van der Waals surface area contributed by atoms with Gasteiger partial charge >= 0.3 is 0 Å². The van der Waals surface area contributed by atoms with Crippen LogP contribution in [0.15, 0.2) is 30.5 Å². The Morgan fingerprint density at radius 3 is 2.95 bits per heavy atom. The first-order valence-corrected chi connectivity index (χ1v) is 6.21. The first-order chi connectivity index (χ1) is 9.13. The second kappa shape index (κ2) is 5.86. The summed E-state index contributed by atoms with van der Waals surface area (Å²) in [5.41, 5.74) is 1.67. The molecule has 0 aliphatic carbocycles.